The van der Waals surface area contributed by atoms with E-state index in [1.54, 1.807) is 11.8 Å². The number of rotatable bonds is 5. The molecule has 0 fully saturated rings. The van der Waals surface area contributed by atoms with Gasteiger partial charge in [-0.15, -0.1) is 0 Å². The Balaban J connectivity index is 2.50. The van der Waals surface area contributed by atoms with Crippen molar-refractivity contribution in [2.75, 3.05) is 17.3 Å². The van der Waals surface area contributed by atoms with E-state index in [0.717, 1.165) is 15.0 Å². The molecular weight excluding hydrogens is 335 g/mol. The fourth-order valence-electron chi connectivity index (χ4n) is 1.18. The van der Waals surface area contributed by atoms with Crippen molar-refractivity contribution >= 4 is 45.9 Å². The molecule has 1 rings (SSSR count). The van der Waals surface area contributed by atoms with E-state index in [4.69, 9.17) is 5.73 Å². The van der Waals surface area contributed by atoms with Crippen LogP contribution in [0.25, 0.3) is 0 Å². The molecule has 0 aliphatic carbocycles. The number of nitrogens with one attached hydrogen (secondary N) is 1. The van der Waals surface area contributed by atoms with E-state index in [1.807, 2.05) is 30.5 Å². The number of thioether (sulfide) groups is 1. The van der Waals surface area contributed by atoms with Crippen LogP contribution in [0.4, 0.5) is 5.69 Å². The lowest BCUT2D eigenvalue weighted by molar-refractivity contribution is -0.117. The van der Waals surface area contributed by atoms with Crippen molar-refractivity contribution in [1.82, 2.24) is 0 Å². The first kappa shape index (κ1) is 13.8. The van der Waals surface area contributed by atoms with Crippen LogP contribution in [0, 0.1) is 3.57 Å². The van der Waals surface area contributed by atoms with E-state index in [0.29, 0.717) is 6.42 Å². The Bertz CT molecular complexity index is 360. The highest BCUT2D eigenvalue weighted by Gasteiger charge is 2.12. The molecule has 0 aromatic heterocycles. The zero-order valence-corrected chi connectivity index (χ0v) is 12.0. The van der Waals surface area contributed by atoms with Gasteiger partial charge in [0, 0.05) is 9.26 Å². The number of amides is 1. The molecule has 3 nitrogen and oxygen atoms in total. The van der Waals surface area contributed by atoms with Gasteiger partial charge in [-0.05, 0) is 59.2 Å². The molecule has 0 unspecified atom stereocenters. The van der Waals surface area contributed by atoms with Crippen LogP contribution in [0.3, 0.4) is 0 Å². The fourth-order valence-corrected chi connectivity index (χ4v) is 2.21. The minimum Gasteiger partial charge on any atom is -0.325 e. The van der Waals surface area contributed by atoms with Gasteiger partial charge >= 0.3 is 0 Å². The lowest BCUT2D eigenvalue weighted by atomic mass is 10.2. The van der Waals surface area contributed by atoms with E-state index in [9.17, 15) is 4.79 Å². The van der Waals surface area contributed by atoms with Crippen LogP contribution in [0.5, 0.6) is 0 Å². The van der Waals surface area contributed by atoms with E-state index in [2.05, 4.69) is 27.9 Å². The molecular formula is C11H15IN2OS. The third kappa shape index (κ3) is 4.71. The Morgan fingerprint density at radius 3 is 3.00 bits per heavy atom. The number of nitrogens with two attached hydrogens (primary N) is 1. The number of halogens is 1. The maximum Gasteiger partial charge on any atom is 0.241 e. The first-order valence-electron chi connectivity index (χ1n) is 4.94. The second-order valence-corrected chi connectivity index (χ2v) is 5.62. The summed E-state index contributed by atoms with van der Waals surface area (Å²) in [6.07, 6.45) is 2.71. The Morgan fingerprint density at radius 2 is 2.38 bits per heavy atom. The van der Waals surface area contributed by atoms with Crippen molar-refractivity contribution in [2.24, 2.45) is 5.73 Å². The van der Waals surface area contributed by atoms with Gasteiger partial charge in [-0.2, -0.15) is 11.8 Å². The van der Waals surface area contributed by atoms with Gasteiger partial charge in [0.15, 0.2) is 0 Å². The highest BCUT2D eigenvalue weighted by molar-refractivity contribution is 14.1. The largest absolute Gasteiger partial charge is 0.325 e. The summed E-state index contributed by atoms with van der Waals surface area (Å²) in [5.41, 5.74) is 6.56. The Hall–Kier alpha value is -0.270. The van der Waals surface area contributed by atoms with Gasteiger partial charge in [-0.1, -0.05) is 6.07 Å². The summed E-state index contributed by atoms with van der Waals surface area (Å²) in [5, 5.41) is 2.81. The summed E-state index contributed by atoms with van der Waals surface area (Å²) in [6, 6.07) is 7.24. The SMILES string of the molecule is CSCC[C@H](N)C(=O)Nc1cccc(I)c1. The third-order valence-electron chi connectivity index (χ3n) is 2.06. The van der Waals surface area contributed by atoms with Crippen LogP contribution in [0.15, 0.2) is 24.3 Å². The molecule has 0 bridgehead atoms. The van der Waals surface area contributed by atoms with E-state index in [1.165, 1.54) is 0 Å². The Labute approximate surface area is 114 Å². The standard InChI is InChI=1S/C11H15IN2OS/c1-16-6-5-10(13)11(15)14-9-4-2-3-8(12)7-9/h2-4,7,10H,5-6,13H2,1H3,(H,14,15)/t10-/m0/s1. The lowest BCUT2D eigenvalue weighted by Gasteiger charge is -2.11. The molecule has 0 saturated heterocycles. The molecule has 0 heterocycles. The molecule has 0 radical (unpaired) electrons. The van der Waals surface area contributed by atoms with Crippen LogP contribution in [0.1, 0.15) is 6.42 Å². The predicted octanol–water partition coefficient (Wildman–Crippen LogP) is 2.31. The molecule has 16 heavy (non-hydrogen) atoms. The van der Waals surface area contributed by atoms with Crippen LogP contribution in [-0.2, 0) is 4.79 Å². The number of benzene rings is 1. The first-order chi connectivity index (χ1) is 7.63. The van der Waals surface area contributed by atoms with Crippen molar-refractivity contribution in [2.45, 2.75) is 12.5 Å². The van der Waals surface area contributed by atoms with Gasteiger partial charge in [0.05, 0.1) is 6.04 Å². The number of carbonyl (C=O) groups excluding carboxylic acids is 1. The van der Waals surface area contributed by atoms with Crippen molar-refractivity contribution < 1.29 is 4.79 Å². The van der Waals surface area contributed by atoms with Crippen LogP contribution < -0.4 is 11.1 Å². The van der Waals surface area contributed by atoms with Crippen LogP contribution in [0.2, 0.25) is 0 Å². The highest BCUT2D eigenvalue weighted by Crippen LogP contribution is 2.12. The fraction of sp³-hybridized carbons (Fsp3) is 0.364. The maximum absolute atomic E-state index is 11.7. The second-order valence-electron chi connectivity index (χ2n) is 3.39. The predicted molar refractivity (Wildman–Crippen MR) is 78.8 cm³/mol. The van der Waals surface area contributed by atoms with E-state index >= 15 is 0 Å². The molecule has 1 aromatic rings. The number of hydrogen-bond acceptors (Lipinski definition) is 3. The normalized spacial score (nSPS) is 12.2. The quantitative estimate of drug-likeness (QED) is 0.802. The molecule has 0 spiro atoms. The third-order valence-corrected chi connectivity index (χ3v) is 3.38. The minimum absolute atomic E-state index is 0.115. The summed E-state index contributed by atoms with van der Waals surface area (Å²) in [6.45, 7) is 0. The second kappa shape index (κ2) is 7.13. The molecule has 1 aromatic carbocycles. The van der Waals surface area contributed by atoms with Gasteiger partial charge in [0.2, 0.25) is 5.91 Å². The molecule has 0 saturated carbocycles. The van der Waals surface area contributed by atoms with Gasteiger partial charge in [0.25, 0.3) is 0 Å². The summed E-state index contributed by atoms with van der Waals surface area (Å²) >= 11 is 3.90. The minimum atomic E-state index is -0.426. The summed E-state index contributed by atoms with van der Waals surface area (Å²) in [5.74, 6) is 0.789. The first-order valence-corrected chi connectivity index (χ1v) is 7.41. The van der Waals surface area contributed by atoms with Crippen LogP contribution >= 0.6 is 34.4 Å². The van der Waals surface area contributed by atoms with E-state index < -0.39 is 6.04 Å². The lowest BCUT2D eigenvalue weighted by Crippen LogP contribution is -2.36. The van der Waals surface area contributed by atoms with Crippen molar-refractivity contribution in [3.05, 3.63) is 27.8 Å². The molecule has 5 heteroatoms. The molecule has 88 valence electrons. The summed E-state index contributed by atoms with van der Waals surface area (Å²) in [4.78, 5) is 11.7. The molecule has 0 aliphatic rings. The maximum atomic E-state index is 11.7. The van der Waals surface area contributed by atoms with Crippen molar-refractivity contribution in [3.8, 4) is 0 Å². The zero-order valence-electron chi connectivity index (χ0n) is 9.07. The average molecular weight is 350 g/mol. The van der Waals surface area contributed by atoms with Gasteiger partial charge in [-0.25, -0.2) is 0 Å². The Kier molecular flexibility index (Phi) is 6.15. The van der Waals surface area contributed by atoms with E-state index in [-0.39, 0.29) is 5.91 Å². The molecule has 1 atom stereocenters. The van der Waals surface area contributed by atoms with Gasteiger partial charge in [0.1, 0.15) is 0 Å². The van der Waals surface area contributed by atoms with Gasteiger partial charge in [-0.3, -0.25) is 4.79 Å². The number of carbonyl (C=O) groups is 1. The topological polar surface area (TPSA) is 55.1 Å². The molecule has 1 amide bonds. The molecule has 3 N–H and O–H groups in total. The van der Waals surface area contributed by atoms with Crippen molar-refractivity contribution in [1.29, 1.82) is 0 Å². The number of anilines is 1. The Morgan fingerprint density at radius 1 is 1.62 bits per heavy atom. The number of hydrogen-bond donors (Lipinski definition) is 2. The zero-order chi connectivity index (χ0) is 12.0. The molecule has 0 aliphatic heterocycles. The summed E-state index contributed by atoms with van der Waals surface area (Å²) < 4.78 is 1.09. The van der Waals surface area contributed by atoms with Crippen molar-refractivity contribution in [3.63, 3.8) is 0 Å². The monoisotopic (exact) mass is 350 g/mol. The van der Waals surface area contributed by atoms with Gasteiger partial charge < -0.3 is 11.1 Å². The van der Waals surface area contributed by atoms with Crippen LogP contribution in [-0.4, -0.2) is 24.0 Å². The average Bonchev–Trinajstić information content (AvgIpc) is 2.25. The summed E-state index contributed by atoms with van der Waals surface area (Å²) in [7, 11) is 0. The highest BCUT2D eigenvalue weighted by atomic mass is 127. The smallest absolute Gasteiger partial charge is 0.241 e.